The smallest absolute Gasteiger partial charge is 0.0472 e. The Morgan fingerprint density at radius 2 is 1.83 bits per heavy atom. The summed E-state index contributed by atoms with van der Waals surface area (Å²) < 4.78 is 2.28. The minimum Gasteiger partial charge on any atom is -0.347 e. The lowest BCUT2D eigenvalue weighted by Crippen LogP contribution is -2.09. The number of nitrogens with zero attached hydrogens (tertiary/aromatic N) is 1. The van der Waals surface area contributed by atoms with E-state index in [0.717, 1.165) is 13.0 Å². The minimum absolute atomic E-state index is 0.596. The molecule has 0 saturated heterocycles. The van der Waals surface area contributed by atoms with Crippen LogP contribution in [0.2, 0.25) is 0 Å². The molecular weight excluding hydrogens is 220 g/mol. The van der Waals surface area contributed by atoms with Crippen molar-refractivity contribution in [3.63, 3.8) is 0 Å². The van der Waals surface area contributed by atoms with Gasteiger partial charge in [-0.25, -0.2) is 0 Å². The maximum atomic E-state index is 5.62. The molecule has 18 heavy (non-hydrogen) atoms. The lowest BCUT2D eigenvalue weighted by molar-refractivity contribution is 0.735. The highest BCUT2D eigenvalue weighted by Gasteiger charge is 2.02. The molecule has 2 heteroatoms. The van der Waals surface area contributed by atoms with Crippen LogP contribution in [0, 0.1) is 0 Å². The quantitative estimate of drug-likeness (QED) is 0.858. The summed E-state index contributed by atoms with van der Waals surface area (Å²) in [6, 6.07) is 13.1. The van der Waals surface area contributed by atoms with Crippen LogP contribution in [0.25, 0.3) is 0 Å². The molecule has 2 aromatic rings. The summed E-state index contributed by atoms with van der Waals surface area (Å²) in [6.07, 6.45) is 3.07. The zero-order valence-corrected chi connectivity index (χ0v) is 11.3. The van der Waals surface area contributed by atoms with Crippen molar-refractivity contribution in [3.8, 4) is 0 Å². The average molecular weight is 242 g/mol. The third kappa shape index (κ3) is 3.02. The van der Waals surface area contributed by atoms with Gasteiger partial charge in [-0.15, -0.1) is 0 Å². The third-order valence-electron chi connectivity index (χ3n) is 3.32. The highest BCUT2D eigenvalue weighted by atomic mass is 15.0. The fraction of sp³-hybridized carbons (Fsp3) is 0.375. The van der Waals surface area contributed by atoms with Crippen LogP contribution in [-0.4, -0.2) is 11.1 Å². The van der Waals surface area contributed by atoms with E-state index in [1.54, 1.807) is 0 Å². The Labute approximate surface area is 109 Å². The molecule has 0 radical (unpaired) electrons. The lowest BCUT2D eigenvalue weighted by Gasteiger charge is -2.10. The Morgan fingerprint density at radius 1 is 1.11 bits per heavy atom. The van der Waals surface area contributed by atoms with Crippen LogP contribution in [0.5, 0.6) is 0 Å². The monoisotopic (exact) mass is 242 g/mol. The van der Waals surface area contributed by atoms with E-state index < -0.39 is 0 Å². The molecule has 96 valence electrons. The molecule has 0 amide bonds. The van der Waals surface area contributed by atoms with Gasteiger partial charge in [-0.1, -0.05) is 38.1 Å². The van der Waals surface area contributed by atoms with Crippen LogP contribution in [0.15, 0.2) is 42.6 Å². The van der Waals surface area contributed by atoms with Gasteiger partial charge in [0.25, 0.3) is 0 Å². The van der Waals surface area contributed by atoms with Gasteiger partial charge in [0.05, 0.1) is 0 Å². The second kappa shape index (κ2) is 5.87. The third-order valence-corrected chi connectivity index (χ3v) is 3.32. The molecule has 0 aliphatic rings. The second-order valence-corrected chi connectivity index (χ2v) is 5.06. The zero-order chi connectivity index (χ0) is 13.0. The highest BCUT2D eigenvalue weighted by Crippen LogP contribution is 2.16. The Kier molecular flexibility index (Phi) is 4.21. The molecule has 0 saturated carbocycles. The van der Waals surface area contributed by atoms with Crippen molar-refractivity contribution in [2.45, 2.75) is 32.7 Å². The van der Waals surface area contributed by atoms with Gasteiger partial charge >= 0.3 is 0 Å². The number of rotatable bonds is 5. The molecule has 2 N–H and O–H groups in total. The number of benzene rings is 1. The van der Waals surface area contributed by atoms with Crippen molar-refractivity contribution in [1.82, 2.24) is 4.57 Å². The zero-order valence-electron chi connectivity index (χ0n) is 11.3. The summed E-state index contributed by atoms with van der Waals surface area (Å²) in [4.78, 5) is 0. The van der Waals surface area contributed by atoms with Crippen LogP contribution in [-0.2, 0) is 13.0 Å². The standard InChI is InChI=1S/C16H22N2/c1-13(2)15-7-5-14(6-8-15)12-18-11-3-4-16(18)9-10-17/h3-8,11,13H,9-10,12,17H2,1-2H3. The van der Waals surface area contributed by atoms with Gasteiger partial charge in [0.15, 0.2) is 0 Å². The Hall–Kier alpha value is -1.54. The van der Waals surface area contributed by atoms with Gasteiger partial charge in [0, 0.05) is 18.4 Å². The predicted octanol–water partition coefficient (Wildman–Crippen LogP) is 3.16. The molecule has 2 rings (SSSR count). The number of hydrogen-bond donors (Lipinski definition) is 1. The first-order chi connectivity index (χ1) is 8.70. The number of nitrogens with two attached hydrogens (primary N) is 1. The summed E-state index contributed by atoms with van der Waals surface area (Å²) in [6.45, 7) is 6.08. The van der Waals surface area contributed by atoms with Crippen molar-refractivity contribution < 1.29 is 0 Å². The molecule has 0 spiro atoms. The van der Waals surface area contributed by atoms with E-state index in [-0.39, 0.29) is 0 Å². The van der Waals surface area contributed by atoms with Gasteiger partial charge in [-0.05, 0) is 42.1 Å². The molecule has 0 unspecified atom stereocenters. The fourth-order valence-corrected chi connectivity index (χ4v) is 2.18. The molecule has 0 aliphatic heterocycles. The van der Waals surface area contributed by atoms with Gasteiger partial charge in [0.1, 0.15) is 0 Å². The predicted molar refractivity (Wildman–Crippen MR) is 76.8 cm³/mol. The van der Waals surface area contributed by atoms with Crippen LogP contribution in [0.1, 0.15) is 36.6 Å². The molecule has 1 aromatic heterocycles. The Bertz CT molecular complexity index is 480. The van der Waals surface area contributed by atoms with E-state index in [2.05, 4.69) is 61.0 Å². The van der Waals surface area contributed by atoms with E-state index in [9.17, 15) is 0 Å². The SMILES string of the molecule is CC(C)c1ccc(Cn2cccc2CCN)cc1. The van der Waals surface area contributed by atoms with Crippen LogP contribution in [0.3, 0.4) is 0 Å². The lowest BCUT2D eigenvalue weighted by atomic mass is 10.0. The number of hydrogen-bond acceptors (Lipinski definition) is 1. The van der Waals surface area contributed by atoms with E-state index in [1.807, 2.05) is 0 Å². The fourth-order valence-electron chi connectivity index (χ4n) is 2.18. The minimum atomic E-state index is 0.596. The first kappa shape index (κ1) is 12.9. The molecule has 0 fully saturated rings. The molecule has 1 aromatic carbocycles. The van der Waals surface area contributed by atoms with Crippen LogP contribution >= 0.6 is 0 Å². The van der Waals surface area contributed by atoms with Crippen LogP contribution < -0.4 is 5.73 Å². The normalized spacial score (nSPS) is 11.1. The van der Waals surface area contributed by atoms with Crippen molar-refractivity contribution in [3.05, 3.63) is 59.4 Å². The average Bonchev–Trinajstić information content (AvgIpc) is 2.78. The molecule has 0 bridgehead atoms. The van der Waals surface area contributed by atoms with E-state index in [0.29, 0.717) is 12.5 Å². The van der Waals surface area contributed by atoms with Gasteiger partial charge in [-0.3, -0.25) is 0 Å². The molecule has 0 aliphatic carbocycles. The van der Waals surface area contributed by atoms with Gasteiger partial charge in [0.2, 0.25) is 0 Å². The largest absolute Gasteiger partial charge is 0.347 e. The van der Waals surface area contributed by atoms with Crippen molar-refractivity contribution in [2.24, 2.45) is 5.73 Å². The molecule has 2 nitrogen and oxygen atoms in total. The second-order valence-electron chi connectivity index (χ2n) is 5.06. The maximum Gasteiger partial charge on any atom is 0.0472 e. The summed E-state index contributed by atoms with van der Waals surface area (Å²) in [5.41, 5.74) is 9.67. The van der Waals surface area contributed by atoms with E-state index >= 15 is 0 Å². The van der Waals surface area contributed by atoms with Crippen molar-refractivity contribution in [2.75, 3.05) is 6.54 Å². The molecule has 1 heterocycles. The first-order valence-corrected chi connectivity index (χ1v) is 6.63. The summed E-state index contributed by atoms with van der Waals surface area (Å²) in [5.74, 6) is 0.596. The van der Waals surface area contributed by atoms with Crippen molar-refractivity contribution in [1.29, 1.82) is 0 Å². The molecular formula is C16H22N2. The van der Waals surface area contributed by atoms with E-state index in [1.165, 1.54) is 16.8 Å². The summed E-state index contributed by atoms with van der Waals surface area (Å²) in [5, 5.41) is 0. The van der Waals surface area contributed by atoms with E-state index in [4.69, 9.17) is 5.73 Å². The first-order valence-electron chi connectivity index (χ1n) is 6.63. The highest BCUT2D eigenvalue weighted by molar-refractivity contribution is 5.25. The van der Waals surface area contributed by atoms with Crippen molar-refractivity contribution >= 4 is 0 Å². The number of aromatic nitrogens is 1. The summed E-state index contributed by atoms with van der Waals surface area (Å²) >= 11 is 0. The van der Waals surface area contributed by atoms with Gasteiger partial charge in [-0.2, -0.15) is 0 Å². The Balaban J connectivity index is 2.11. The Morgan fingerprint density at radius 3 is 2.44 bits per heavy atom. The van der Waals surface area contributed by atoms with Crippen LogP contribution in [0.4, 0.5) is 0 Å². The van der Waals surface area contributed by atoms with Gasteiger partial charge < -0.3 is 10.3 Å². The topological polar surface area (TPSA) is 30.9 Å². The maximum absolute atomic E-state index is 5.62. The summed E-state index contributed by atoms with van der Waals surface area (Å²) in [7, 11) is 0. The molecule has 0 atom stereocenters.